The SMILES string of the molecule is NC1([N+](=O)[O-])C=C([N+](=O)[O-])C=C2C1=NON2[O-]. The van der Waals surface area contributed by atoms with Crippen molar-refractivity contribution in [3.63, 3.8) is 0 Å². The lowest BCUT2D eigenvalue weighted by atomic mass is 9.96. The summed E-state index contributed by atoms with van der Waals surface area (Å²) < 4.78 is 0. The highest BCUT2D eigenvalue weighted by Gasteiger charge is 2.52. The van der Waals surface area contributed by atoms with Crippen LogP contribution in [-0.4, -0.2) is 26.4 Å². The summed E-state index contributed by atoms with van der Waals surface area (Å²) >= 11 is 0. The fourth-order valence-electron chi connectivity index (χ4n) is 1.37. The molecule has 1 aliphatic heterocycles. The molecule has 1 unspecified atom stereocenters. The van der Waals surface area contributed by atoms with Crippen LogP contribution in [0, 0.1) is 25.4 Å². The van der Waals surface area contributed by atoms with Gasteiger partial charge in [-0.05, 0) is 5.16 Å². The number of rotatable bonds is 2. The lowest BCUT2D eigenvalue weighted by Crippen LogP contribution is -2.55. The summed E-state index contributed by atoms with van der Waals surface area (Å²) in [6.45, 7) is 0. The minimum absolute atomic E-state index is 0.184. The number of hydrogen-bond donors (Lipinski definition) is 1. The Bertz CT molecular complexity index is 509. The molecule has 11 heteroatoms. The second-order valence-corrected chi connectivity index (χ2v) is 3.22. The van der Waals surface area contributed by atoms with Crippen molar-refractivity contribution in [1.29, 1.82) is 0 Å². The Morgan fingerprint density at radius 3 is 2.65 bits per heavy atom. The van der Waals surface area contributed by atoms with Crippen molar-refractivity contribution >= 4 is 5.71 Å². The van der Waals surface area contributed by atoms with Crippen molar-refractivity contribution < 1.29 is 14.8 Å². The maximum absolute atomic E-state index is 11.1. The van der Waals surface area contributed by atoms with Gasteiger partial charge < -0.3 is 5.21 Å². The van der Waals surface area contributed by atoms with Crippen molar-refractivity contribution in [2.24, 2.45) is 10.9 Å². The highest BCUT2D eigenvalue weighted by Crippen LogP contribution is 2.29. The van der Waals surface area contributed by atoms with Crippen LogP contribution in [0.4, 0.5) is 0 Å². The van der Waals surface area contributed by atoms with E-state index in [2.05, 4.69) is 10.1 Å². The molecular formula is C6H4N5O6-. The highest BCUT2D eigenvalue weighted by molar-refractivity contribution is 6.08. The van der Waals surface area contributed by atoms with Crippen LogP contribution < -0.4 is 5.73 Å². The van der Waals surface area contributed by atoms with Gasteiger partial charge in [0.2, 0.25) is 5.71 Å². The summed E-state index contributed by atoms with van der Waals surface area (Å²) in [6.07, 6.45) is 1.39. The molecule has 0 aromatic rings. The molecule has 2 N–H and O–H groups in total. The van der Waals surface area contributed by atoms with E-state index in [0.717, 1.165) is 6.08 Å². The van der Waals surface area contributed by atoms with Crippen LogP contribution in [0.15, 0.2) is 28.7 Å². The molecule has 0 spiro atoms. The smallest absolute Gasteiger partial charge is 0.346 e. The van der Waals surface area contributed by atoms with Gasteiger partial charge in [-0.15, -0.1) is 0 Å². The van der Waals surface area contributed by atoms with E-state index >= 15 is 0 Å². The van der Waals surface area contributed by atoms with Gasteiger partial charge in [0.15, 0.2) is 0 Å². The molecule has 0 saturated carbocycles. The van der Waals surface area contributed by atoms with Crippen molar-refractivity contribution in [3.05, 3.63) is 49.0 Å². The van der Waals surface area contributed by atoms with E-state index in [1.165, 1.54) is 0 Å². The van der Waals surface area contributed by atoms with Crippen LogP contribution in [0.2, 0.25) is 0 Å². The Morgan fingerprint density at radius 2 is 2.12 bits per heavy atom. The van der Waals surface area contributed by atoms with Gasteiger partial charge in [-0.3, -0.25) is 30.9 Å². The van der Waals surface area contributed by atoms with Gasteiger partial charge in [-0.25, -0.2) is 5.23 Å². The Balaban J connectivity index is 2.60. The Labute approximate surface area is 92.2 Å². The van der Waals surface area contributed by atoms with Crippen LogP contribution >= 0.6 is 0 Å². The van der Waals surface area contributed by atoms with Gasteiger partial charge in [0.1, 0.15) is 5.70 Å². The second-order valence-electron chi connectivity index (χ2n) is 3.22. The Morgan fingerprint density at radius 1 is 1.47 bits per heavy atom. The van der Waals surface area contributed by atoms with E-state index in [-0.39, 0.29) is 5.23 Å². The first-order valence-corrected chi connectivity index (χ1v) is 4.12. The molecule has 1 heterocycles. The summed E-state index contributed by atoms with van der Waals surface area (Å²) in [4.78, 5) is 23.6. The highest BCUT2D eigenvalue weighted by atomic mass is 17.0. The summed E-state index contributed by atoms with van der Waals surface area (Å²) in [6, 6.07) is 0. The van der Waals surface area contributed by atoms with Crippen molar-refractivity contribution in [2.45, 2.75) is 5.66 Å². The van der Waals surface area contributed by atoms with Crippen LogP contribution in [-0.2, 0) is 4.94 Å². The van der Waals surface area contributed by atoms with Gasteiger partial charge in [-0.1, -0.05) is 0 Å². The molecule has 0 aromatic carbocycles. The van der Waals surface area contributed by atoms with E-state index in [4.69, 9.17) is 5.73 Å². The zero-order valence-corrected chi connectivity index (χ0v) is 7.97. The molecule has 0 radical (unpaired) electrons. The molecular weight excluding hydrogens is 238 g/mol. The number of hydrogen-bond acceptors (Lipinski definition) is 9. The third-order valence-corrected chi connectivity index (χ3v) is 2.19. The van der Waals surface area contributed by atoms with Crippen LogP contribution in [0.5, 0.6) is 0 Å². The maximum Gasteiger partial charge on any atom is 0.346 e. The van der Waals surface area contributed by atoms with Crippen molar-refractivity contribution in [2.75, 3.05) is 0 Å². The minimum Gasteiger partial charge on any atom is -0.722 e. The maximum atomic E-state index is 11.1. The van der Waals surface area contributed by atoms with Crippen LogP contribution in [0.1, 0.15) is 0 Å². The quantitative estimate of drug-likeness (QED) is 0.369. The Kier molecular flexibility index (Phi) is 2.08. The first-order valence-electron chi connectivity index (χ1n) is 4.12. The van der Waals surface area contributed by atoms with Crippen LogP contribution in [0.25, 0.3) is 0 Å². The van der Waals surface area contributed by atoms with Gasteiger partial charge in [-0.2, -0.15) is 0 Å². The molecule has 2 aliphatic rings. The van der Waals surface area contributed by atoms with Gasteiger partial charge in [0.05, 0.1) is 15.9 Å². The molecule has 0 saturated heterocycles. The zero-order chi connectivity index (χ0) is 12.8. The number of nitrogens with zero attached hydrogens (tertiary/aromatic N) is 4. The number of hydroxylamine groups is 2. The molecule has 0 aromatic heterocycles. The minimum atomic E-state index is -2.45. The van der Waals surface area contributed by atoms with Crippen LogP contribution in [0.3, 0.4) is 0 Å². The topological polar surface area (TPSA) is 160 Å². The summed E-state index contributed by atoms with van der Waals surface area (Å²) in [5, 5.41) is 35.4. The number of allylic oxidation sites excluding steroid dienone is 1. The van der Waals surface area contributed by atoms with E-state index in [1.54, 1.807) is 0 Å². The average molecular weight is 242 g/mol. The normalized spacial score (nSPS) is 26.5. The number of nitrogens with two attached hydrogens (primary N) is 1. The lowest BCUT2D eigenvalue weighted by Gasteiger charge is -2.24. The number of fused-ring (bicyclic) bond motifs is 1. The van der Waals surface area contributed by atoms with E-state index in [1.807, 2.05) is 0 Å². The third kappa shape index (κ3) is 1.41. The largest absolute Gasteiger partial charge is 0.722 e. The van der Waals surface area contributed by atoms with Gasteiger partial charge >= 0.3 is 5.66 Å². The monoisotopic (exact) mass is 242 g/mol. The molecule has 0 amide bonds. The molecule has 2 rings (SSSR count). The van der Waals surface area contributed by atoms with E-state index in [9.17, 15) is 25.4 Å². The molecule has 1 atom stereocenters. The number of nitro groups is 2. The predicted octanol–water partition coefficient (Wildman–Crippen LogP) is -0.923. The van der Waals surface area contributed by atoms with Gasteiger partial charge in [0.25, 0.3) is 5.70 Å². The zero-order valence-electron chi connectivity index (χ0n) is 7.97. The van der Waals surface area contributed by atoms with E-state index in [0.29, 0.717) is 6.08 Å². The first kappa shape index (κ1) is 11.0. The predicted molar refractivity (Wildman–Crippen MR) is 50.8 cm³/mol. The Hall–Kier alpha value is -2.53. The summed E-state index contributed by atoms with van der Waals surface area (Å²) in [7, 11) is 0. The standard InChI is InChI=1S/C6H4N5O6/c7-6(11(15)16)2-3(9(12)13)1-4-5(6)8-17-10(4)14/h1-2H,7H2/q-1. The first-order chi connectivity index (χ1) is 7.86. The summed E-state index contributed by atoms with van der Waals surface area (Å²) in [5.41, 5.74) is 1.31. The summed E-state index contributed by atoms with van der Waals surface area (Å²) in [5.74, 6) is 0. The lowest BCUT2D eigenvalue weighted by molar-refractivity contribution is -0.534. The van der Waals surface area contributed by atoms with E-state index < -0.39 is 32.6 Å². The number of oxime groups is 1. The fraction of sp³-hybridized carbons (Fsp3) is 0.167. The molecule has 11 nitrogen and oxygen atoms in total. The molecule has 0 fully saturated rings. The fourth-order valence-corrected chi connectivity index (χ4v) is 1.37. The van der Waals surface area contributed by atoms with Gasteiger partial charge in [0, 0.05) is 6.08 Å². The average Bonchev–Trinajstić information content (AvgIpc) is 2.61. The molecule has 1 aliphatic carbocycles. The molecule has 90 valence electrons. The van der Waals surface area contributed by atoms with Crippen molar-refractivity contribution in [1.82, 2.24) is 5.23 Å². The van der Waals surface area contributed by atoms with Crippen molar-refractivity contribution in [3.8, 4) is 0 Å². The molecule has 0 bridgehead atoms. The molecule has 17 heavy (non-hydrogen) atoms. The third-order valence-electron chi connectivity index (χ3n) is 2.19. The second kappa shape index (κ2) is 3.23.